The van der Waals surface area contributed by atoms with Crippen LogP contribution in [0.2, 0.25) is 0 Å². The van der Waals surface area contributed by atoms with E-state index in [4.69, 9.17) is 0 Å². The lowest BCUT2D eigenvalue weighted by Gasteiger charge is -2.07. The smallest absolute Gasteiger partial charge is 0.0382 e. The van der Waals surface area contributed by atoms with E-state index in [9.17, 15) is 0 Å². The topological polar surface area (TPSA) is 36.1 Å². The number of hydrogen-bond acceptors (Lipinski definition) is 4. The molecule has 3 rings (SSSR count). The molecule has 0 aliphatic carbocycles. The van der Waals surface area contributed by atoms with E-state index in [1.54, 1.807) is 11.9 Å². The molecule has 0 amide bonds. The van der Waals surface area contributed by atoms with Crippen LogP contribution in [0.15, 0.2) is 41.3 Å². The van der Waals surface area contributed by atoms with Crippen LogP contribution in [-0.4, -0.2) is 0 Å². The molecule has 0 atom stereocenters. The molecular weight excluding hydrogens is 206 g/mol. The number of hydrogen-bond donors (Lipinski definition) is 3. The molecule has 2 aromatic rings. The Balaban J connectivity index is 2.27. The van der Waals surface area contributed by atoms with Crippen molar-refractivity contribution in [2.24, 2.45) is 0 Å². The van der Waals surface area contributed by atoms with Gasteiger partial charge in [0.15, 0.2) is 0 Å². The van der Waals surface area contributed by atoms with Crippen LogP contribution in [0.4, 0.5) is 0 Å². The highest BCUT2D eigenvalue weighted by Crippen LogP contribution is 2.28. The zero-order chi connectivity index (χ0) is 10.1. The molecule has 0 bridgehead atoms. The van der Waals surface area contributed by atoms with Gasteiger partial charge < -0.3 is 0 Å². The maximum Gasteiger partial charge on any atom is 0.0382 e. The van der Waals surface area contributed by atoms with Crippen LogP contribution in [-0.2, 0) is 6.54 Å². The lowest BCUT2D eigenvalue weighted by Crippen LogP contribution is -2.36. The number of nitrogens with one attached hydrogen (secondary N) is 3. The third-order valence-electron chi connectivity index (χ3n) is 2.56. The summed E-state index contributed by atoms with van der Waals surface area (Å²) >= 11 is 1.60. The normalized spacial score (nSPS) is 16.0. The quantitative estimate of drug-likeness (QED) is 0.590. The third-order valence-corrected chi connectivity index (χ3v) is 3.37. The minimum Gasteiger partial charge on any atom is -0.239 e. The van der Waals surface area contributed by atoms with Crippen LogP contribution in [0.25, 0.3) is 10.8 Å². The van der Waals surface area contributed by atoms with E-state index in [1.807, 2.05) is 0 Å². The summed E-state index contributed by atoms with van der Waals surface area (Å²) < 4.78 is 0. The van der Waals surface area contributed by atoms with Crippen LogP contribution in [0.3, 0.4) is 0 Å². The molecular formula is C11H11N3S. The van der Waals surface area contributed by atoms with Crippen molar-refractivity contribution in [2.45, 2.75) is 11.4 Å². The molecule has 0 spiro atoms. The molecule has 15 heavy (non-hydrogen) atoms. The lowest BCUT2D eigenvalue weighted by molar-refractivity contribution is 0.527. The molecule has 0 aromatic heterocycles. The van der Waals surface area contributed by atoms with Crippen molar-refractivity contribution in [1.82, 2.24) is 15.8 Å². The van der Waals surface area contributed by atoms with E-state index in [2.05, 4.69) is 52.2 Å². The van der Waals surface area contributed by atoms with E-state index in [1.165, 1.54) is 21.2 Å². The number of fused-ring (bicyclic) bond motifs is 3. The van der Waals surface area contributed by atoms with Gasteiger partial charge in [-0.05, 0) is 34.4 Å². The van der Waals surface area contributed by atoms with E-state index in [0.717, 1.165) is 6.54 Å². The highest BCUT2D eigenvalue weighted by molar-refractivity contribution is 7.97. The van der Waals surface area contributed by atoms with E-state index in [-0.39, 0.29) is 0 Å². The molecule has 3 nitrogen and oxygen atoms in total. The van der Waals surface area contributed by atoms with Gasteiger partial charge in [-0.3, -0.25) is 0 Å². The van der Waals surface area contributed by atoms with Crippen molar-refractivity contribution >= 4 is 22.7 Å². The highest BCUT2D eigenvalue weighted by atomic mass is 32.2. The standard InChI is InChI=1S/C11H11N3S/c1-2-4-9-8(3-1)5-6-11-10(9)7-12-13-14-15-11/h1-6,12-14H,7H2. The molecule has 1 aliphatic rings. The maximum absolute atomic E-state index is 3.11. The Labute approximate surface area is 92.3 Å². The second-order valence-corrected chi connectivity index (χ2v) is 4.29. The SMILES string of the molecule is c1ccc2c3c(ccc2c1)SNNNC3. The Morgan fingerprint density at radius 2 is 2.00 bits per heavy atom. The van der Waals surface area contributed by atoms with Crippen molar-refractivity contribution in [3.63, 3.8) is 0 Å². The molecule has 1 aliphatic heterocycles. The molecule has 0 saturated carbocycles. The van der Waals surface area contributed by atoms with Crippen LogP contribution in [0.5, 0.6) is 0 Å². The molecule has 76 valence electrons. The lowest BCUT2D eigenvalue weighted by atomic mass is 10.0. The van der Waals surface area contributed by atoms with Gasteiger partial charge in [-0.25, -0.2) is 5.43 Å². The Hall–Kier alpha value is -1.07. The fourth-order valence-corrected chi connectivity index (χ4v) is 2.52. The first-order valence-electron chi connectivity index (χ1n) is 4.85. The first kappa shape index (κ1) is 9.18. The van der Waals surface area contributed by atoms with Crippen molar-refractivity contribution in [1.29, 1.82) is 0 Å². The van der Waals surface area contributed by atoms with E-state index in [0.29, 0.717) is 0 Å². The van der Waals surface area contributed by atoms with E-state index >= 15 is 0 Å². The van der Waals surface area contributed by atoms with Crippen molar-refractivity contribution in [2.75, 3.05) is 0 Å². The zero-order valence-electron chi connectivity index (χ0n) is 8.08. The maximum atomic E-state index is 3.11. The summed E-state index contributed by atoms with van der Waals surface area (Å²) in [7, 11) is 0. The molecule has 0 unspecified atom stereocenters. The molecule has 2 aromatic carbocycles. The summed E-state index contributed by atoms with van der Waals surface area (Å²) in [4.78, 5) is 4.29. The van der Waals surface area contributed by atoms with Gasteiger partial charge in [-0.15, -0.1) is 0 Å². The molecule has 4 heteroatoms. The predicted octanol–water partition coefficient (Wildman–Crippen LogP) is 1.96. The fraction of sp³-hybridized carbons (Fsp3) is 0.0909. The summed E-state index contributed by atoms with van der Waals surface area (Å²) in [6.07, 6.45) is 0. The van der Waals surface area contributed by atoms with Crippen LogP contribution < -0.4 is 15.8 Å². The van der Waals surface area contributed by atoms with Gasteiger partial charge >= 0.3 is 0 Å². The highest BCUT2D eigenvalue weighted by Gasteiger charge is 2.10. The largest absolute Gasteiger partial charge is 0.239 e. The Kier molecular flexibility index (Phi) is 2.34. The number of rotatable bonds is 0. The Morgan fingerprint density at radius 3 is 3.00 bits per heavy atom. The first-order chi connectivity index (χ1) is 7.45. The summed E-state index contributed by atoms with van der Waals surface area (Å²) in [6, 6.07) is 12.8. The minimum absolute atomic E-state index is 0.830. The van der Waals surface area contributed by atoms with Gasteiger partial charge in [0.2, 0.25) is 0 Å². The average Bonchev–Trinajstić information content (AvgIpc) is 2.54. The zero-order valence-corrected chi connectivity index (χ0v) is 8.90. The van der Waals surface area contributed by atoms with Crippen molar-refractivity contribution in [3.05, 3.63) is 42.0 Å². The minimum atomic E-state index is 0.830. The number of benzene rings is 2. The molecule has 1 heterocycles. The van der Waals surface area contributed by atoms with Crippen LogP contribution in [0.1, 0.15) is 5.56 Å². The molecule has 3 N–H and O–H groups in total. The predicted molar refractivity (Wildman–Crippen MR) is 62.9 cm³/mol. The molecule has 0 saturated heterocycles. The molecule has 0 radical (unpaired) electrons. The van der Waals surface area contributed by atoms with Gasteiger partial charge in [0.1, 0.15) is 0 Å². The average molecular weight is 217 g/mol. The van der Waals surface area contributed by atoms with Crippen molar-refractivity contribution in [3.8, 4) is 0 Å². The monoisotopic (exact) mass is 217 g/mol. The Bertz CT molecular complexity index is 498. The second-order valence-electron chi connectivity index (χ2n) is 3.45. The summed E-state index contributed by atoms with van der Waals surface area (Å²) in [6.45, 7) is 0.830. The summed E-state index contributed by atoms with van der Waals surface area (Å²) in [5.41, 5.74) is 7.38. The summed E-state index contributed by atoms with van der Waals surface area (Å²) in [5, 5.41) is 2.61. The second kappa shape index (κ2) is 3.83. The first-order valence-corrected chi connectivity index (χ1v) is 5.67. The van der Waals surface area contributed by atoms with E-state index < -0.39 is 0 Å². The summed E-state index contributed by atoms with van der Waals surface area (Å²) in [5.74, 6) is 0. The van der Waals surface area contributed by atoms with Crippen molar-refractivity contribution < 1.29 is 0 Å². The third kappa shape index (κ3) is 1.61. The van der Waals surface area contributed by atoms with Gasteiger partial charge in [-0.2, -0.15) is 10.4 Å². The Morgan fingerprint density at radius 1 is 1.07 bits per heavy atom. The number of hydrazine groups is 2. The molecule has 0 fully saturated rings. The van der Waals surface area contributed by atoms with Gasteiger partial charge in [0.05, 0.1) is 0 Å². The van der Waals surface area contributed by atoms with Crippen LogP contribution in [0, 0.1) is 0 Å². The van der Waals surface area contributed by atoms with Gasteiger partial charge in [-0.1, -0.05) is 30.3 Å². The van der Waals surface area contributed by atoms with Crippen LogP contribution >= 0.6 is 11.9 Å². The fourth-order valence-electron chi connectivity index (χ4n) is 1.84. The van der Waals surface area contributed by atoms with Gasteiger partial charge in [0, 0.05) is 11.4 Å². The van der Waals surface area contributed by atoms with Gasteiger partial charge in [0.25, 0.3) is 0 Å².